The normalized spacial score (nSPS) is 10.7. The van der Waals surface area contributed by atoms with Crippen molar-refractivity contribution in [2.75, 3.05) is 0 Å². The lowest BCUT2D eigenvalue weighted by atomic mass is 10.0. The summed E-state index contributed by atoms with van der Waals surface area (Å²) < 4.78 is 0. The summed E-state index contributed by atoms with van der Waals surface area (Å²) in [6.07, 6.45) is 2.23. The van der Waals surface area contributed by atoms with E-state index in [2.05, 4.69) is 0 Å². The highest BCUT2D eigenvalue weighted by Gasteiger charge is 2.17. The Kier molecular flexibility index (Phi) is 4.74. The Morgan fingerprint density at radius 1 is 0.720 bits per heavy atom. The van der Waals surface area contributed by atoms with Crippen molar-refractivity contribution in [1.29, 1.82) is 0 Å². The first kappa shape index (κ1) is 17.5. The minimum Gasteiger partial charge on any atom is -0.507 e. The lowest BCUT2D eigenvalue weighted by Crippen LogP contribution is -2.02. The van der Waals surface area contributed by atoms with E-state index < -0.39 is 40.5 Å². The van der Waals surface area contributed by atoms with Crippen LogP contribution in [0.15, 0.2) is 36.4 Å². The molecule has 2 aromatic rings. The Hall–Kier alpha value is -3.81. The van der Waals surface area contributed by atoms with E-state index in [1.807, 2.05) is 0 Å². The van der Waals surface area contributed by atoms with Gasteiger partial charge in [-0.15, -0.1) is 0 Å². The first-order chi connectivity index (χ1) is 11.7. The number of allylic oxidation sites excluding steroid dienone is 1. The largest absolute Gasteiger partial charge is 0.507 e. The van der Waals surface area contributed by atoms with Crippen LogP contribution in [0.5, 0.6) is 17.2 Å². The molecule has 5 N–H and O–H groups in total. The van der Waals surface area contributed by atoms with Crippen LogP contribution in [-0.4, -0.2) is 43.3 Å². The molecule has 0 aliphatic rings. The molecule has 0 atom stereocenters. The van der Waals surface area contributed by atoms with Gasteiger partial charge in [0.05, 0.1) is 5.56 Å². The molecular weight excluding hydrogens is 332 g/mol. The van der Waals surface area contributed by atoms with Crippen LogP contribution in [0.3, 0.4) is 0 Å². The first-order valence-electron chi connectivity index (χ1n) is 6.78. The molecule has 0 radical (unpaired) electrons. The maximum absolute atomic E-state index is 12.1. The van der Waals surface area contributed by atoms with Crippen LogP contribution in [0.4, 0.5) is 0 Å². The van der Waals surface area contributed by atoms with Gasteiger partial charge in [0, 0.05) is 6.07 Å². The second-order valence-electron chi connectivity index (χ2n) is 4.97. The van der Waals surface area contributed by atoms with E-state index in [-0.39, 0.29) is 11.1 Å². The van der Waals surface area contributed by atoms with E-state index in [9.17, 15) is 29.7 Å². The third kappa shape index (κ3) is 3.75. The summed E-state index contributed by atoms with van der Waals surface area (Å²) in [6.45, 7) is 0. The number of ketones is 1. The zero-order valence-corrected chi connectivity index (χ0v) is 12.5. The lowest BCUT2D eigenvalue weighted by Gasteiger charge is -2.05. The van der Waals surface area contributed by atoms with Gasteiger partial charge in [-0.05, 0) is 29.8 Å². The molecule has 2 rings (SSSR count). The SMILES string of the molecule is O=C(O)c1cc(/C=C/C(=O)c2cc(C(=O)O)c(O)cc2O)ccc1O. The molecule has 0 aromatic heterocycles. The maximum atomic E-state index is 12.1. The van der Waals surface area contributed by atoms with Crippen LogP contribution in [0, 0.1) is 0 Å². The number of carboxylic acid groups (broad SMARTS) is 2. The van der Waals surface area contributed by atoms with Crippen molar-refractivity contribution in [3.63, 3.8) is 0 Å². The number of phenols is 3. The summed E-state index contributed by atoms with van der Waals surface area (Å²) in [5.74, 6) is -5.30. The molecule has 8 heteroatoms. The van der Waals surface area contributed by atoms with Gasteiger partial charge in [0.25, 0.3) is 0 Å². The van der Waals surface area contributed by atoms with E-state index >= 15 is 0 Å². The van der Waals surface area contributed by atoms with Gasteiger partial charge in [-0.2, -0.15) is 0 Å². The standard InChI is InChI=1S/C17H12O8/c18-12(9-6-11(17(24)25)15(21)7-14(9)20)3-1-8-2-4-13(19)10(5-8)16(22)23/h1-7,19-21H,(H,22,23)(H,24,25)/b3-1+. The molecule has 0 bridgehead atoms. The number of hydrogen-bond donors (Lipinski definition) is 5. The highest BCUT2D eigenvalue weighted by molar-refractivity contribution is 6.10. The number of aromatic hydroxyl groups is 3. The summed E-state index contributed by atoms with van der Waals surface area (Å²) in [5, 5.41) is 46.4. The molecule has 2 aromatic carbocycles. The topological polar surface area (TPSA) is 152 Å². The molecule has 128 valence electrons. The van der Waals surface area contributed by atoms with E-state index in [0.29, 0.717) is 5.56 Å². The average molecular weight is 344 g/mol. The highest BCUT2D eigenvalue weighted by Crippen LogP contribution is 2.28. The second-order valence-corrected chi connectivity index (χ2v) is 4.97. The van der Waals surface area contributed by atoms with Crippen LogP contribution >= 0.6 is 0 Å². The summed E-state index contributed by atoms with van der Waals surface area (Å²) in [6, 6.07) is 5.23. The maximum Gasteiger partial charge on any atom is 0.339 e. The number of carbonyl (C=O) groups is 3. The van der Waals surface area contributed by atoms with Gasteiger partial charge in [-0.3, -0.25) is 4.79 Å². The quantitative estimate of drug-likeness (QED) is 0.408. The van der Waals surface area contributed by atoms with Crippen molar-refractivity contribution in [3.05, 3.63) is 58.7 Å². The molecular formula is C17H12O8. The number of benzene rings is 2. The van der Waals surface area contributed by atoms with Crippen molar-refractivity contribution < 1.29 is 39.9 Å². The van der Waals surface area contributed by atoms with Crippen LogP contribution in [0.25, 0.3) is 6.08 Å². The molecule has 0 fully saturated rings. The Bertz CT molecular complexity index is 911. The molecule has 0 aliphatic carbocycles. The van der Waals surface area contributed by atoms with Gasteiger partial charge in [0.1, 0.15) is 28.4 Å². The summed E-state index contributed by atoms with van der Waals surface area (Å²) in [4.78, 5) is 34.0. The Morgan fingerprint density at radius 3 is 1.88 bits per heavy atom. The minimum absolute atomic E-state index is 0.292. The Morgan fingerprint density at radius 2 is 1.28 bits per heavy atom. The summed E-state index contributed by atoms with van der Waals surface area (Å²) in [5.41, 5.74) is -0.952. The van der Waals surface area contributed by atoms with Crippen LogP contribution in [0.1, 0.15) is 36.6 Å². The molecule has 0 aliphatic heterocycles. The van der Waals surface area contributed by atoms with Crippen molar-refractivity contribution >= 4 is 23.8 Å². The third-order valence-corrected chi connectivity index (χ3v) is 3.29. The fourth-order valence-electron chi connectivity index (χ4n) is 2.04. The van der Waals surface area contributed by atoms with E-state index in [1.54, 1.807) is 0 Å². The van der Waals surface area contributed by atoms with Gasteiger partial charge < -0.3 is 25.5 Å². The van der Waals surface area contributed by atoms with E-state index in [4.69, 9.17) is 10.2 Å². The van der Waals surface area contributed by atoms with Crippen molar-refractivity contribution in [3.8, 4) is 17.2 Å². The number of aromatic carboxylic acids is 2. The Labute approximate surface area is 140 Å². The first-order valence-corrected chi connectivity index (χ1v) is 6.78. The number of carbonyl (C=O) groups excluding carboxylic acids is 1. The number of rotatable bonds is 5. The van der Waals surface area contributed by atoms with Gasteiger partial charge in [0.15, 0.2) is 5.78 Å². The molecule has 25 heavy (non-hydrogen) atoms. The van der Waals surface area contributed by atoms with Crippen molar-refractivity contribution in [2.45, 2.75) is 0 Å². The average Bonchev–Trinajstić information content (AvgIpc) is 2.53. The fraction of sp³-hybridized carbons (Fsp3) is 0. The molecule has 8 nitrogen and oxygen atoms in total. The summed E-state index contributed by atoms with van der Waals surface area (Å²) >= 11 is 0. The lowest BCUT2D eigenvalue weighted by molar-refractivity contribution is 0.0682. The van der Waals surface area contributed by atoms with Crippen LogP contribution in [-0.2, 0) is 0 Å². The summed E-state index contributed by atoms with van der Waals surface area (Å²) in [7, 11) is 0. The van der Waals surface area contributed by atoms with Gasteiger partial charge in [-0.1, -0.05) is 12.1 Å². The van der Waals surface area contributed by atoms with Crippen molar-refractivity contribution in [2.24, 2.45) is 0 Å². The van der Waals surface area contributed by atoms with Gasteiger partial charge in [0.2, 0.25) is 0 Å². The van der Waals surface area contributed by atoms with Gasteiger partial charge in [-0.25, -0.2) is 9.59 Å². The fourth-order valence-corrected chi connectivity index (χ4v) is 2.04. The predicted octanol–water partition coefficient (Wildman–Crippen LogP) is 2.10. The monoisotopic (exact) mass is 344 g/mol. The molecule has 0 spiro atoms. The smallest absolute Gasteiger partial charge is 0.339 e. The molecule has 0 heterocycles. The van der Waals surface area contributed by atoms with Crippen LogP contribution < -0.4 is 0 Å². The predicted molar refractivity (Wildman–Crippen MR) is 85.2 cm³/mol. The third-order valence-electron chi connectivity index (χ3n) is 3.29. The zero-order valence-electron chi connectivity index (χ0n) is 12.5. The highest BCUT2D eigenvalue weighted by atomic mass is 16.4. The van der Waals surface area contributed by atoms with E-state index in [0.717, 1.165) is 30.3 Å². The molecule has 0 saturated carbocycles. The zero-order chi connectivity index (χ0) is 18.7. The van der Waals surface area contributed by atoms with Crippen molar-refractivity contribution in [1.82, 2.24) is 0 Å². The number of carboxylic acids is 2. The molecule has 0 unspecified atom stereocenters. The number of phenolic OH excluding ortho intramolecular Hbond substituents is 1. The minimum atomic E-state index is -1.47. The van der Waals surface area contributed by atoms with E-state index in [1.165, 1.54) is 12.1 Å². The number of hydrogen-bond acceptors (Lipinski definition) is 6. The molecule has 0 saturated heterocycles. The Balaban J connectivity index is 2.35. The van der Waals surface area contributed by atoms with Gasteiger partial charge >= 0.3 is 11.9 Å². The molecule has 0 amide bonds. The van der Waals surface area contributed by atoms with Crippen LogP contribution in [0.2, 0.25) is 0 Å². The second kappa shape index (κ2) is 6.75.